The number of amides is 2. The highest BCUT2D eigenvalue weighted by Gasteiger charge is 2.28. The van der Waals surface area contributed by atoms with Crippen LogP contribution < -0.4 is 11.5 Å². The van der Waals surface area contributed by atoms with Crippen LogP contribution in [0.2, 0.25) is 0 Å². The highest BCUT2D eigenvalue weighted by atomic mass is 16.6. The Morgan fingerprint density at radius 3 is 1.50 bits per heavy atom. The predicted molar refractivity (Wildman–Crippen MR) is 37.9 cm³/mol. The highest BCUT2D eigenvalue weighted by Crippen LogP contribution is 2.05. The Bertz CT molecular complexity index is 176. The molecule has 68 valence electrons. The van der Waals surface area contributed by atoms with E-state index in [1.54, 1.807) is 0 Å². The van der Waals surface area contributed by atoms with Gasteiger partial charge in [-0.25, -0.2) is 0 Å². The number of primary amides is 2. The van der Waals surface area contributed by atoms with Crippen molar-refractivity contribution in [1.29, 1.82) is 0 Å². The van der Waals surface area contributed by atoms with E-state index in [9.17, 15) is 9.59 Å². The third-order valence-corrected chi connectivity index (χ3v) is 1.53. The van der Waals surface area contributed by atoms with Gasteiger partial charge in [-0.05, 0) is 0 Å². The molecule has 4 N–H and O–H groups in total. The molecule has 12 heavy (non-hydrogen) atoms. The van der Waals surface area contributed by atoms with Gasteiger partial charge >= 0.3 is 0 Å². The van der Waals surface area contributed by atoms with Crippen molar-refractivity contribution in [2.24, 2.45) is 11.5 Å². The first-order valence-electron chi connectivity index (χ1n) is 3.43. The topological polar surface area (TPSA) is 105 Å². The summed E-state index contributed by atoms with van der Waals surface area (Å²) in [6, 6.07) is 0. The van der Waals surface area contributed by atoms with Crippen molar-refractivity contribution < 1.29 is 19.1 Å². The molecule has 6 nitrogen and oxygen atoms in total. The number of hydrogen-bond acceptors (Lipinski definition) is 4. The average molecular weight is 174 g/mol. The lowest BCUT2D eigenvalue weighted by Crippen LogP contribution is -2.47. The third kappa shape index (κ3) is 1.93. The molecule has 0 aromatic rings. The molecule has 1 heterocycles. The van der Waals surface area contributed by atoms with Crippen LogP contribution in [0.5, 0.6) is 0 Å². The van der Waals surface area contributed by atoms with E-state index < -0.39 is 24.0 Å². The minimum Gasteiger partial charge on any atom is -0.367 e. The van der Waals surface area contributed by atoms with Gasteiger partial charge < -0.3 is 20.9 Å². The maximum absolute atomic E-state index is 10.5. The van der Waals surface area contributed by atoms with Gasteiger partial charge in [-0.1, -0.05) is 0 Å². The van der Waals surface area contributed by atoms with Gasteiger partial charge in [0.2, 0.25) is 11.8 Å². The maximum Gasteiger partial charge on any atom is 0.248 e. The lowest BCUT2D eigenvalue weighted by atomic mass is 10.3. The van der Waals surface area contributed by atoms with Crippen molar-refractivity contribution in [3.05, 3.63) is 0 Å². The molecule has 0 bridgehead atoms. The van der Waals surface area contributed by atoms with Crippen molar-refractivity contribution in [2.45, 2.75) is 12.2 Å². The smallest absolute Gasteiger partial charge is 0.248 e. The minimum atomic E-state index is -0.763. The molecule has 0 saturated carbocycles. The van der Waals surface area contributed by atoms with E-state index in [0.29, 0.717) is 0 Å². The summed E-state index contributed by atoms with van der Waals surface area (Å²) in [6.45, 7) is -0.0219. The van der Waals surface area contributed by atoms with Crippen LogP contribution >= 0.6 is 0 Å². The summed E-state index contributed by atoms with van der Waals surface area (Å²) in [5.74, 6) is -1.20. The Labute approximate surface area is 68.8 Å². The molecule has 0 aromatic carbocycles. The van der Waals surface area contributed by atoms with E-state index in [1.807, 2.05) is 0 Å². The molecule has 1 fully saturated rings. The largest absolute Gasteiger partial charge is 0.367 e. The molecular weight excluding hydrogens is 164 g/mol. The lowest BCUT2D eigenvalue weighted by molar-refractivity contribution is -0.166. The molecule has 0 spiro atoms. The maximum atomic E-state index is 10.5. The minimum absolute atomic E-state index is 0.0110. The van der Waals surface area contributed by atoms with Crippen molar-refractivity contribution in [3.8, 4) is 0 Å². The number of hydrogen-bond donors (Lipinski definition) is 2. The van der Waals surface area contributed by atoms with Crippen molar-refractivity contribution in [2.75, 3.05) is 13.2 Å². The first kappa shape index (κ1) is 8.95. The van der Waals surface area contributed by atoms with Crippen LogP contribution in [0.3, 0.4) is 0 Å². The van der Waals surface area contributed by atoms with Crippen LogP contribution in [0.1, 0.15) is 0 Å². The summed E-state index contributed by atoms with van der Waals surface area (Å²) in [7, 11) is 0. The zero-order valence-corrected chi connectivity index (χ0v) is 6.36. The highest BCUT2D eigenvalue weighted by molar-refractivity contribution is 5.81. The molecule has 1 aliphatic rings. The number of carbonyl (C=O) groups is 2. The quantitative estimate of drug-likeness (QED) is 0.493. The van der Waals surface area contributed by atoms with Gasteiger partial charge in [-0.3, -0.25) is 9.59 Å². The second-order valence-corrected chi connectivity index (χ2v) is 2.45. The first-order chi connectivity index (χ1) is 5.61. The second kappa shape index (κ2) is 3.51. The van der Waals surface area contributed by atoms with Crippen LogP contribution in [-0.2, 0) is 19.1 Å². The van der Waals surface area contributed by atoms with Gasteiger partial charge in [-0.2, -0.15) is 0 Å². The fourth-order valence-corrected chi connectivity index (χ4v) is 0.832. The van der Waals surface area contributed by atoms with Gasteiger partial charge in [0, 0.05) is 0 Å². The molecule has 2 unspecified atom stereocenters. The Kier molecular flexibility index (Phi) is 2.61. The molecule has 0 aliphatic carbocycles. The fraction of sp³-hybridized carbons (Fsp3) is 0.667. The van der Waals surface area contributed by atoms with Gasteiger partial charge in [0.25, 0.3) is 0 Å². The van der Waals surface area contributed by atoms with Gasteiger partial charge in [0.15, 0.2) is 12.2 Å². The summed E-state index contributed by atoms with van der Waals surface area (Å²) >= 11 is 0. The van der Waals surface area contributed by atoms with E-state index in [0.717, 1.165) is 0 Å². The van der Waals surface area contributed by atoms with Gasteiger partial charge in [0.1, 0.15) is 0 Å². The Morgan fingerprint density at radius 1 is 1.00 bits per heavy atom. The molecular formula is C6H10N2O4. The predicted octanol–water partition coefficient (Wildman–Crippen LogP) is -2.26. The molecule has 2 amide bonds. The normalized spacial score (nSPS) is 29.7. The summed E-state index contributed by atoms with van der Waals surface area (Å²) in [6.07, 6.45) is -1.53. The van der Waals surface area contributed by atoms with Gasteiger partial charge in [-0.15, -0.1) is 0 Å². The molecule has 1 rings (SSSR count). The number of rotatable bonds is 2. The molecule has 2 atom stereocenters. The van der Waals surface area contributed by atoms with Gasteiger partial charge in [0.05, 0.1) is 13.2 Å². The summed E-state index contributed by atoms with van der Waals surface area (Å²) in [5.41, 5.74) is 9.86. The van der Waals surface area contributed by atoms with Crippen LogP contribution in [-0.4, -0.2) is 37.2 Å². The second-order valence-electron chi connectivity index (χ2n) is 2.45. The first-order valence-corrected chi connectivity index (χ1v) is 3.43. The monoisotopic (exact) mass is 174 g/mol. The van der Waals surface area contributed by atoms with E-state index >= 15 is 0 Å². The number of ether oxygens (including phenoxy) is 2. The van der Waals surface area contributed by atoms with Crippen molar-refractivity contribution in [1.82, 2.24) is 0 Å². The standard InChI is InChI=1S/C6H10N2O4/c7-5(9)3-1-11-4(2-12-3)6(8)10/h3-4H,1-2H2,(H2,7,9)(H2,8,10). The number of nitrogens with two attached hydrogens (primary N) is 2. The van der Waals surface area contributed by atoms with Crippen molar-refractivity contribution in [3.63, 3.8) is 0 Å². The molecule has 6 heteroatoms. The Morgan fingerprint density at radius 2 is 1.33 bits per heavy atom. The summed E-state index contributed by atoms with van der Waals surface area (Å²) < 4.78 is 9.83. The van der Waals surface area contributed by atoms with Crippen molar-refractivity contribution >= 4 is 11.8 Å². The zero-order valence-electron chi connectivity index (χ0n) is 6.36. The molecule has 1 aliphatic heterocycles. The third-order valence-electron chi connectivity index (χ3n) is 1.53. The fourth-order valence-electron chi connectivity index (χ4n) is 0.832. The summed E-state index contributed by atoms with van der Waals surface area (Å²) in [4.78, 5) is 21.1. The van der Waals surface area contributed by atoms with Crippen LogP contribution in [0.4, 0.5) is 0 Å². The van der Waals surface area contributed by atoms with E-state index in [1.165, 1.54) is 0 Å². The SMILES string of the molecule is NC(=O)C1COC(C(N)=O)CO1. The zero-order chi connectivity index (χ0) is 9.14. The number of carbonyl (C=O) groups excluding carboxylic acids is 2. The molecule has 0 radical (unpaired) electrons. The van der Waals surface area contributed by atoms with Crippen LogP contribution in [0.15, 0.2) is 0 Å². The average Bonchev–Trinajstić information content (AvgIpc) is 2.04. The van der Waals surface area contributed by atoms with E-state index in [4.69, 9.17) is 20.9 Å². The molecule has 0 aromatic heterocycles. The van der Waals surface area contributed by atoms with E-state index in [-0.39, 0.29) is 13.2 Å². The molecule has 1 saturated heterocycles. The van der Waals surface area contributed by atoms with Crippen LogP contribution in [0.25, 0.3) is 0 Å². The lowest BCUT2D eigenvalue weighted by Gasteiger charge is -2.25. The Balaban J connectivity index is 2.39. The summed E-state index contributed by atoms with van der Waals surface area (Å²) in [5, 5.41) is 0. The Hall–Kier alpha value is -1.14. The van der Waals surface area contributed by atoms with Crippen LogP contribution in [0, 0.1) is 0 Å². The van der Waals surface area contributed by atoms with E-state index in [2.05, 4.69) is 0 Å².